The van der Waals surface area contributed by atoms with Gasteiger partial charge in [-0.3, -0.25) is 9.78 Å². The molecular formula is C26H24ClN3O3. The summed E-state index contributed by atoms with van der Waals surface area (Å²) in [6, 6.07) is 21.3. The molecule has 168 valence electrons. The Labute approximate surface area is 197 Å². The number of aromatic nitrogens is 3. The summed E-state index contributed by atoms with van der Waals surface area (Å²) in [5, 5.41) is 0.492. The zero-order valence-electron chi connectivity index (χ0n) is 18.6. The maximum atomic E-state index is 11.8. The van der Waals surface area contributed by atoms with E-state index >= 15 is 0 Å². The number of hydrogen-bond donors (Lipinski definition) is 1. The Morgan fingerprint density at radius 2 is 1.67 bits per heavy atom. The first-order chi connectivity index (χ1) is 15.9. The highest BCUT2D eigenvalue weighted by Gasteiger charge is 2.29. The second-order valence-electron chi connectivity index (χ2n) is 8.23. The summed E-state index contributed by atoms with van der Waals surface area (Å²) in [6.45, 7) is 3.80. The van der Waals surface area contributed by atoms with E-state index in [0.717, 1.165) is 22.4 Å². The third kappa shape index (κ3) is 5.07. The Hall–Kier alpha value is -3.64. The molecule has 0 bridgehead atoms. The van der Waals surface area contributed by atoms with Crippen LogP contribution in [0, 0.1) is 5.41 Å². The number of esters is 1. The number of benzene rings is 2. The lowest BCUT2D eigenvalue weighted by molar-refractivity contribution is -0.152. The molecule has 1 N–H and O–H groups in total. The average molecular weight is 462 g/mol. The van der Waals surface area contributed by atoms with Gasteiger partial charge in [-0.25, -0.2) is 4.98 Å². The SMILES string of the molecule is COC(=O)C(C)(C)COc1ccc(-c2ccc(-c3nc(-c4ccccc4)c(Cl)[nH]3)cn2)cc1. The van der Waals surface area contributed by atoms with Crippen LogP contribution in [0.1, 0.15) is 13.8 Å². The molecule has 0 atom stereocenters. The van der Waals surface area contributed by atoms with Gasteiger partial charge in [0.1, 0.15) is 29.0 Å². The summed E-state index contributed by atoms with van der Waals surface area (Å²) in [4.78, 5) is 24.1. The quantitative estimate of drug-likeness (QED) is 0.339. The Balaban J connectivity index is 1.46. The van der Waals surface area contributed by atoms with Crippen LogP contribution in [0.5, 0.6) is 5.75 Å². The van der Waals surface area contributed by atoms with Gasteiger partial charge in [0.05, 0.1) is 18.2 Å². The van der Waals surface area contributed by atoms with Crippen LogP contribution in [-0.4, -0.2) is 34.6 Å². The number of H-pyrrole nitrogens is 1. The molecule has 0 amide bonds. The highest BCUT2D eigenvalue weighted by Crippen LogP contribution is 2.30. The molecule has 2 aromatic heterocycles. The zero-order valence-corrected chi connectivity index (χ0v) is 19.4. The molecule has 2 aromatic carbocycles. The smallest absolute Gasteiger partial charge is 0.314 e. The van der Waals surface area contributed by atoms with Gasteiger partial charge in [-0.1, -0.05) is 41.9 Å². The van der Waals surface area contributed by atoms with Crippen molar-refractivity contribution in [2.45, 2.75) is 13.8 Å². The van der Waals surface area contributed by atoms with E-state index < -0.39 is 5.41 Å². The number of imidazole rings is 1. The molecule has 0 aliphatic heterocycles. The minimum atomic E-state index is -0.722. The molecule has 4 rings (SSSR count). The van der Waals surface area contributed by atoms with Gasteiger partial charge in [-0.05, 0) is 50.2 Å². The number of nitrogens with zero attached hydrogens (tertiary/aromatic N) is 2. The van der Waals surface area contributed by atoms with Crippen molar-refractivity contribution in [1.29, 1.82) is 0 Å². The largest absolute Gasteiger partial charge is 0.492 e. The molecular weight excluding hydrogens is 438 g/mol. The molecule has 0 unspecified atom stereocenters. The van der Waals surface area contributed by atoms with Crippen LogP contribution in [0.4, 0.5) is 0 Å². The maximum Gasteiger partial charge on any atom is 0.314 e. The second-order valence-corrected chi connectivity index (χ2v) is 8.61. The fourth-order valence-corrected chi connectivity index (χ4v) is 3.54. The molecule has 0 aliphatic rings. The average Bonchev–Trinajstić information content (AvgIpc) is 3.25. The third-order valence-corrected chi connectivity index (χ3v) is 5.51. The first-order valence-electron chi connectivity index (χ1n) is 10.5. The number of carbonyl (C=O) groups is 1. The lowest BCUT2D eigenvalue weighted by Gasteiger charge is -2.21. The van der Waals surface area contributed by atoms with E-state index in [1.807, 2.05) is 66.7 Å². The summed E-state index contributed by atoms with van der Waals surface area (Å²) >= 11 is 6.37. The van der Waals surface area contributed by atoms with Crippen molar-refractivity contribution in [2.75, 3.05) is 13.7 Å². The van der Waals surface area contributed by atoms with Crippen molar-refractivity contribution >= 4 is 17.6 Å². The molecule has 2 heterocycles. The molecule has 0 saturated carbocycles. The van der Waals surface area contributed by atoms with Crippen LogP contribution in [0.2, 0.25) is 5.15 Å². The predicted molar refractivity (Wildman–Crippen MR) is 129 cm³/mol. The van der Waals surface area contributed by atoms with Gasteiger partial charge in [0.2, 0.25) is 0 Å². The maximum absolute atomic E-state index is 11.8. The second kappa shape index (κ2) is 9.46. The van der Waals surface area contributed by atoms with E-state index in [2.05, 4.69) is 15.0 Å². The van der Waals surface area contributed by atoms with Crippen molar-refractivity contribution in [3.05, 3.63) is 78.1 Å². The molecule has 6 nitrogen and oxygen atoms in total. The Morgan fingerprint density at radius 3 is 2.30 bits per heavy atom. The van der Waals surface area contributed by atoms with Gasteiger partial charge < -0.3 is 14.5 Å². The predicted octanol–water partition coefficient (Wildman–Crippen LogP) is 6.04. The first kappa shape index (κ1) is 22.6. The lowest BCUT2D eigenvalue weighted by atomic mass is 9.95. The van der Waals surface area contributed by atoms with E-state index in [1.54, 1.807) is 20.0 Å². The van der Waals surface area contributed by atoms with E-state index in [1.165, 1.54) is 7.11 Å². The minimum Gasteiger partial charge on any atom is -0.492 e. The van der Waals surface area contributed by atoms with Gasteiger partial charge in [0.15, 0.2) is 0 Å². The highest BCUT2D eigenvalue weighted by molar-refractivity contribution is 6.32. The lowest BCUT2D eigenvalue weighted by Crippen LogP contribution is -2.32. The van der Waals surface area contributed by atoms with Crippen LogP contribution >= 0.6 is 11.6 Å². The molecule has 0 aliphatic carbocycles. The normalized spacial score (nSPS) is 11.3. The van der Waals surface area contributed by atoms with E-state index in [9.17, 15) is 4.79 Å². The molecule has 0 spiro atoms. The van der Waals surface area contributed by atoms with Crippen molar-refractivity contribution in [2.24, 2.45) is 5.41 Å². The van der Waals surface area contributed by atoms with Crippen molar-refractivity contribution in [1.82, 2.24) is 15.0 Å². The monoisotopic (exact) mass is 461 g/mol. The van der Waals surface area contributed by atoms with Crippen molar-refractivity contribution in [3.8, 4) is 39.7 Å². The van der Waals surface area contributed by atoms with Gasteiger partial charge in [-0.2, -0.15) is 0 Å². The van der Waals surface area contributed by atoms with Gasteiger partial charge in [-0.15, -0.1) is 0 Å². The summed E-state index contributed by atoms with van der Waals surface area (Å²) in [5.74, 6) is 1.03. The van der Waals surface area contributed by atoms with Crippen LogP contribution in [0.15, 0.2) is 72.9 Å². The molecule has 7 heteroatoms. The fraction of sp³-hybridized carbons (Fsp3) is 0.192. The van der Waals surface area contributed by atoms with Crippen molar-refractivity contribution in [3.63, 3.8) is 0 Å². The summed E-state index contributed by atoms with van der Waals surface area (Å²) in [5.41, 5.74) is 3.55. The van der Waals surface area contributed by atoms with Crippen LogP contribution in [-0.2, 0) is 9.53 Å². The van der Waals surface area contributed by atoms with E-state index in [4.69, 9.17) is 21.1 Å². The number of nitrogens with one attached hydrogen (secondary N) is 1. The van der Waals surface area contributed by atoms with Crippen LogP contribution in [0.25, 0.3) is 33.9 Å². The molecule has 0 fully saturated rings. The van der Waals surface area contributed by atoms with Gasteiger partial charge in [0, 0.05) is 22.9 Å². The van der Waals surface area contributed by atoms with E-state index in [0.29, 0.717) is 22.4 Å². The summed E-state index contributed by atoms with van der Waals surface area (Å²) < 4.78 is 10.6. The third-order valence-electron chi connectivity index (χ3n) is 5.23. The van der Waals surface area contributed by atoms with Crippen LogP contribution < -0.4 is 4.74 Å². The fourth-order valence-electron chi connectivity index (χ4n) is 3.30. The zero-order chi connectivity index (χ0) is 23.4. The molecule has 0 radical (unpaired) electrons. The Morgan fingerprint density at radius 1 is 0.970 bits per heavy atom. The minimum absolute atomic E-state index is 0.225. The summed E-state index contributed by atoms with van der Waals surface area (Å²) in [7, 11) is 1.37. The van der Waals surface area contributed by atoms with Gasteiger partial charge in [0.25, 0.3) is 0 Å². The molecule has 4 aromatic rings. The van der Waals surface area contributed by atoms with Crippen molar-refractivity contribution < 1.29 is 14.3 Å². The van der Waals surface area contributed by atoms with Crippen LogP contribution in [0.3, 0.4) is 0 Å². The number of halogens is 1. The standard InChI is InChI=1S/C26H24ClN3O3/c1-26(2,25(31)32-3)16-33-20-12-9-17(10-13-20)21-14-11-19(15-28-21)24-29-22(23(27)30-24)18-7-5-4-6-8-18/h4-15H,16H2,1-3H3,(H,29,30). The number of rotatable bonds is 7. The Bertz CT molecular complexity index is 1230. The molecule has 33 heavy (non-hydrogen) atoms. The van der Waals surface area contributed by atoms with E-state index in [-0.39, 0.29) is 12.6 Å². The summed E-state index contributed by atoms with van der Waals surface area (Å²) in [6.07, 6.45) is 1.77. The number of ether oxygens (including phenoxy) is 2. The Kier molecular flexibility index (Phi) is 6.47. The topological polar surface area (TPSA) is 77.1 Å². The van der Waals surface area contributed by atoms with Gasteiger partial charge >= 0.3 is 5.97 Å². The number of pyridine rings is 1. The number of hydrogen-bond acceptors (Lipinski definition) is 5. The number of aromatic amines is 1. The first-order valence-corrected chi connectivity index (χ1v) is 10.8. The number of methoxy groups -OCH3 is 1. The highest BCUT2D eigenvalue weighted by atomic mass is 35.5. The molecule has 0 saturated heterocycles. The number of carbonyl (C=O) groups excluding carboxylic acids is 1.